The lowest BCUT2D eigenvalue weighted by Crippen LogP contribution is -2.48. The Morgan fingerprint density at radius 2 is 2.22 bits per heavy atom. The van der Waals surface area contributed by atoms with E-state index in [4.69, 9.17) is 4.74 Å². The van der Waals surface area contributed by atoms with E-state index >= 15 is 0 Å². The van der Waals surface area contributed by atoms with Crippen molar-refractivity contribution < 1.29 is 14.3 Å². The van der Waals surface area contributed by atoms with Gasteiger partial charge in [0.1, 0.15) is 0 Å². The molecule has 0 unspecified atom stereocenters. The molecular weight excluding hydrogens is 314 g/mol. The normalized spacial score (nSPS) is 22.0. The molecule has 2 N–H and O–H groups in total. The Morgan fingerprint density at radius 1 is 1.43 bits per heavy atom. The van der Waals surface area contributed by atoms with Crippen molar-refractivity contribution in [3.05, 3.63) is 33.7 Å². The minimum Gasteiger partial charge on any atom is -0.463 e. The molecule has 3 heterocycles. The zero-order valence-electron chi connectivity index (χ0n) is 13.1. The number of ether oxygens (including phenoxy) is 1. The number of amides is 2. The van der Waals surface area contributed by atoms with E-state index in [2.05, 4.69) is 15.5 Å². The van der Waals surface area contributed by atoms with Crippen LogP contribution in [0.15, 0.2) is 28.8 Å². The Bertz CT molecular complexity index is 606. The number of esters is 1. The third-order valence-corrected chi connectivity index (χ3v) is 4.99. The van der Waals surface area contributed by atoms with Gasteiger partial charge in [-0.2, -0.15) is 0 Å². The van der Waals surface area contributed by atoms with Gasteiger partial charge < -0.3 is 15.4 Å². The molecule has 0 spiro atoms. The molecule has 1 fully saturated rings. The first-order valence-electron chi connectivity index (χ1n) is 7.92. The maximum atomic E-state index is 12.5. The van der Waals surface area contributed by atoms with Crippen LogP contribution in [0, 0.1) is 0 Å². The number of thiophene rings is 1. The number of hydrogen-bond acceptors (Lipinski definition) is 5. The van der Waals surface area contributed by atoms with E-state index < -0.39 is 6.04 Å². The van der Waals surface area contributed by atoms with Crippen LogP contribution in [0.25, 0.3) is 0 Å². The van der Waals surface area contributed by atoms with E-state index in [1.54, 1.807) is 6.92 Å². The molecule has 1 aromatic rings. The van der Waals surface area contributed by atoms with Crippen molar-refractivity contribution >= 4 is 23.3 Å². The second kappa shape index (κ2) is 7.14. The average Bonchev–Trinajstić information content (AvgIpc) is 3.20. The maximum absolute atomic E-state index is 12.5. The highest BCUT2D eigenvalue weighted by atomic mass is 32.1. The summed E-state index contributed by atoms with van der Waals surface area (Å²) in [4.78, 5) is 27.8. The zero-order valence-corrected chi connectivity index (χ0v) is 13.9. The number of nitrogens with zero attached hydrogens (tertiary/aromatic N) is 1. The van der Waals surface area contributed by atoms with Gasteiger partial charge in [0, 0.05) is 17.1 Å². The molecule has 6 nitrogen and oxygen atoms in total. The van der Waals surface area contributed by atoms with Gasteiger partial charge in [-0.05, 0) is 44.3 Å². The van der Waals surface area contributed by atoms with Gasteiger partial charge >= 0.3 is 12.0 Å². The third kappa shape index (κ3) is 3.56. The first-order valence-corrected chi connectivity index (χ1v) is 8.80. The van der Waals surface area contributed by atoms with Crippen molar-refractivity contribution in [1.82, 2.24) is 15.5 Å². The molecule has 0 radical (unpaired) electrons. The molecule has 1 atom stereocenters. The number of rotatable bonds is 5. The lowest BCUT2D eigenvalue weighted by Gasteiger charge is -2.30. The molecule has 0 aliphatic carbocycles. The number of urea groups is 1. The summed E-state index contributed by atoms with van der Waals surface area (Å²) in [6.45, 7) is 4.65. The van der Waals surface area contributed by atoms with Crippen molar-refractivity contribution in [3.63, 3.8) is 0 Å². The highest BCUT2D eigenvalue weighted by Gasteiger charge is 2.35. The highest BCUT2D eigenvalue weighted by molar-refractivity contribution is 7.10. The number of hydrogen-bond donors (Lipinski definition) is 2. The smallest absolute Gasteiger partial charge is 0.338 e. The topological polar surface area (TPSA) is 70.7 Å². The summed E-state index contributed by atoms with van der Waals surface area (Å²) < 4.78 is 5.24. The monoisotopic (exact) mass is 335 g/mol. The van der Waals surface area contributed by atoms with Crippen molar-refractivity contribution in [1.29, 1.82) is 0 Å². The van der Waals surface area contributed by atoms with Crippen molar-refractivity contribution in [2.24, 2.45) is 0 Å². The lowest BCUT2D eigenvalue weighted by atomic mass is 10.0. The van der Waals surface area contributed by atoms with E-state index in [0.29, 0.717) is 24.4 Å². The van der Waals surface area contributed by atoms with Crippen molar-refractivity contribution in [3.8, 4) is 0 Å². The van der Waals surface area contributed by atoms with Crippen LogP contribution in [0.5, 0.6) is 0 Å². The molecular formula is C16H21N3O3S. The van der Waals surface area contributed by atoms with Crippen LogP contribution in [0.2, 0.25) is 0 Å². The van der Waals surface area contributed by atoms with Crippen molar-refractivity contribution in [2.75, 3.05) is 26.2 Å². The fourth-order valence-electron chi connectivity index (χ4n) is 3.03. The van der Waals surface area contributed by atoms with Gasteiger partial charge in [-0.3, -0.25) is 4.90 Å². The quantitative estimate of drug-likeness (QED) is 0.808. The summed E-state index contributed by atoms with van der Waals surface area (Å²) in [6.07, 6.45) is 2.31. The Morgan fingerprint density at radius 3 is 2.87 bits per heavy atom. The third-order valence-electron chi connectivity index (χ3n) is 4.06. The van der Waals surface area contributed by atoms with Crippen LogP contribution in [0.1, 0.15) is 30.7 Å². The number of carbonyl (C=O) groups is 2. The Balaban J connectivity index is 1.96. The summed E-state index contributed by atoms with van der Waals surface area (Å²) >= 11 is 1.52. The van der Waals surface area contributed by atoms with Gasteiger partial charge in [0.25, 0.3) is 0 Å². The molecule has 1 saturated heterocycles. The van der Waals surface area contributed by atoms with E-state index in [1.165, 1.54) is 11.3 Å². The van der Waals surface area contributed by atoms with Crippen LogP contribution < -0.4 is 10.6 Å². The lowest BCUT2D eigenvalue weighted by molar-refractivity contribution is -0.139. The summed E-state index contributed by atoms with van der Waals surface area (Å²) in [7, 11) is 0. The van der Waals surface area contributed by atoms with Gasteiger partial charge in [-0.25, -0.2) is 9.59 Å². The molecule has 7 heteroatoms. The van der Waals surface area contributed by atoms with Crippen LogP contribution in [0.3, 0.4) is 0 Å². The molecule has 23 heavy (non-hydrogen) atoms. The Hall–Kier alpha value is -1.86. The van der Waals surface area contributed by atoms with Gasteiger partial charge in [0.2, 0.25) is 0 Å². The fourth-order valence-corrected chi connectivity index (χ4v) is 3.81. The molecule has 2 aliphatic rings. The second-order valence-corrected chi connectivity index (χ2v) is 6.62. The van der Waals surface area contributed by atoms with E-state index in [-0.39, 0.29) is 12.0 Å². The summed E-state index contributed by atoms with van der Waals surface area (Å²) in [5.74, 6) is -0.368. The molecule has 2 aliphatic heterocycles. The van der Waals surface area contributed by atoms with E-state index in [1.807, 2.05) is 17.5 Å². The highest BCUT2D eigenvalue weighted by Crippen LogP contribution is 2.31. The van der Waals surface area contributed by atoms with Crippen molar-refractivity contribution in [2.45, 2.75) is 25.8 Å². The fraction of sp³-hybridized carbons (Fsp3) is 0.500. The molecule has 124 valence electrons. The first kappa shape index (κ1) is 16.0. The average molecular weight is 335 g/mol. The van der Waals surface area contributed by atoms with Gasteiger partial charge in [-0.1, -0.05) is 6.07 Å². The van der Waals surface area contributed by atoms with Gasteiger partial charge in [-0.15, -0.1) is 11.3 Å². The number of nitrogens with one attached hydrogen (secondary N) is 2. The molecule has 0 bridgehead atoms. The SMILES string of the molecule is CCOC(=O)C1=C(CN2CCCC2)NC(=O)N[C@H]1c1cccs1. The molecule has 0 aromatic carbocycles. The number of carbonyl (C=O) groups excluding carboxylic acids is 2. The molecule has 2 amide bonds. The summed E-state index contributed by atoms with van der Waals surface area (Å²) in [5.41, 5.74) is 1.17. The number of likely N-dealkylation sites (tertiary alicyclic amines) is 1. The van der Waals surface area contributed by atoms with Gasteiger partial charge in [0.05, 0.1) is 18.2 Å². The van der Waals surface area contributed by atoms with Crippen LogP contribution >= 0.6 is 11.3 Å². The van der Waals surface area contributed by atoms with Crippen LogP contribution in [0.4, 0.5) is 4.79 Å². The first-order chi connectivity index (χ1) is 11.2. The predicted molar refractivity (Wildman–Crippen MR) is 88.1 cm³/mol. The summed E-state index contributed by atoms with van der Waals surface area (Å²) in [6, 6.07) is 3.12. The molecule has 3 rings (SSSR count). The minimum absolute atomic E-state index is 0.273. The standard InChI is InChI=1S/C16H21N3O3S/c1-2-22-15(20)13-11(10-19-7-3-4-8-19)17-16(21)18-14(13)12-6-5-9-23-12/h5-6,9,14H,2-4,7-8,10H2,1H3,(H2,17,18,21)/t14-/m0/s1. The van der Waals surface area contributed by atoms with Crippen LogP contribution in [-0.2, 0) is 9.53 Å². The van der Waals surface area contributed by atoms with E-state index in [0.717, 1.165) is 30.8 Å². The molecule has 0 saturated carbocycles. The minimum atomic E-state index is -0.444. The Kier molecular flexibility index (Phi) is 4.97. The zero-order chi connectivity index (χ0) is 16.2. The summed E-state index contributed by atoms with van der Waals surface area (Å²) in [5, 5.41) is 7.60. The largest absolute Gasteiger partial charge is 0.463 e. The molecule has 1 aromatic heterocycles. The predicted octanol–water partition coefficient (Wildman–Crippen LogP) is 2.01. The van der Waals surface area contributed by atoms with Gasteiger partial charge in [0.15, 0.2) is 0 Å². The maximum Gasteiger partial charge on any atom is 0.338 e. The van der Waals surface area contributed by atoms with Crippen LogP contribution in [-0.4, -0.2) is 43.1 Å². The van der Waals surface area contributed by atoms with E-state index in [9.17, 15) is 9.59 Å². The second-order valence-electron chi connectivity index (χ2n) is 5.64. The Labute approximate surface area is 139 Å².